The molecule has 204 valence electrons. The first-order chi connectivity index (χ1) is 18.8. The Bertz CT molecular complexity index is 1390. The molecule has 0 unspecified atom stereocenters. The van der Waals surface area contributed by atoms with Crippen molar-refractivity contribution >= 4 is 34.8 Å². The van der Waals surface area contributed by atoms with Crippen molar-refractivity contribution < 1.29 is 19.8 Å². The lowest BCUT2D eigenvalue weighted by atomic mass is 9.83. The average molecular weight is 550 g/mol. The Morgan fingerprint density at radius 1 is 1.18 bits per heavy atom. The summed E-state index contributed by atoms with van der Waals surface area (Å²) < 4.78 is 1.71. The lowest BCUT2D eigenvalue weighted by Gasteiger charge is -2.28. The van der Waals surface area contributed by atoms with Crippen LogP contribution in [0, 0.1) is 5.92 Å². The molecule has 2 N–H and O–H groups in total. The van der Waals surface area contributed by atoms with Crippen LogP contribution in [0.1, 0.15) is 43.0 Å². The molecular formula is C29H32ClN5O4. The molecule has 1 saturated heterocycles. The highest BCUT2D eigenvalue weighted by Crippen LogP contribution is 2.46. The molecule has 0 spiro atoms. The molecular weight excluding hydrogens is 518 g/mol. The summed E-state index contributed by atoms with van der Waals surface area (Å²) in [4.78, 5) is 29.3. The molecule has 2 amide bonds. The van der Waals surface area contributed by atoms with E-state index >= 15 is 0 Å². The second-order valence-corrected chi connectivity index (χ2v) is 10.5. The van der Waals surface area contributed by atoms with Gasteiger partial charge in [-0.3, -0.25) is 14.3 Å². The zero-order valence-corrected chi connectivity index (χ0v) is 22.6. The molecule has 39 heavy (non-hydrogen) atoms. The standard InChI is InChI=1S/C29H32ClN5O4/c1-20(5-2-3-14-33-19-23(13-16-36)31-32-33)29(39)25-17-22(30)9-12-26(25)35(28(29)38)18-21-7-10-24(11-8-21)34-15-4-6-27(34)37/h2,5,7-12,17,19-20,36,39H,3-4,6,13-16,18H2,1H3/b5-2+/t20-,29+/m0/s1. The van der Waals surface area contributed by atoms with Gasteiger partial charge in [-0.05, 0) is 48.7 Å². The van der Waals surface area contributed by atoms with E-state index in [1.165, 1.54) is 0 Å². The lowest BCUT2D eigenvalue weighted by Crippen LogP contribution is -2.44. The normalized spacial score (nSPS) is 19.9. The molecule has 2 aromatic carbocycles. The van der Waals surface area contributed by atoms with Gasteiger partial charge in [0.15, 0.2) is 5.60 Å². The highest BCUT2D eigenvalue weighted by Gasteiger charge is 2.52. The topological polar surface area (TPSA) is 112 Å². The smallest absolute Gasteiger partial charge is 0.264 e. The molecule has 1 aromatic heterocycles. The van der Waals surface area contributed by atoms with Crippen LogP contribution in [0.25, 0.3) is 0 Å². The van der Waals surface area contributed by atoms with Crippen LogP contribution in [0.4, 0.5) is 11.4 Å². The Morgan fingerprint density at radius 2 is 1.97 bits per heavy atom. The second kappa shape index (κ2) is 11.3. The van der Waals surface area contributed by atoms with E-state index in [-0.39, 0.29) is 19.1 Å². The fourth-order valence-electron chi connectivity index (χ4n) is 5.28. The van der Waals surface area contributed by atoms with E-state index in [0.717, 1.165) is 29.9 Å². The van der Waals surface area contributed by atoms with Crippen LogP contribution in [-0.2, 0) is 34.7 Å². The Labute approximate surface area is 232 Å². The van der Waals surface area contributed by atoms with Crippen LogP contribution in [0.5, 0.6) is 0 Å². The zero-order valence-electron chi connectivity index (χ0n) is 21.8. The minimum atomic E-state index is -1.76. The minimum Gasteiger partial charge on any atom is -0.396 e. The predicted molar refractivity (Wildman–Crippen MR) is 148 cm³/mol. The first kappa shape index (κ1) is 27.1. The highest BCUT2D eigenvalue weighted by atomic mass is 35.5. The van der Waals surface area contributed by atoms with Gasteiger partial charge in [0.25, 0.3) is 5.91 Å². The number of aromatic nitrogens is 3. The van der Waals surface area contributed by atoms with Crippen molar-refractivity contribution in [2.45, 2.75) is 51.3 Å². The number of aryl methyl sites for hydroxylation is 1. The summed E-state index contributed by atoms with van der Waals surface area (Å²) in [6.07, 6.45) is 8.10. The van der Waals surface area contributed by atoms with Gasteiger partial charge in [0, 0.05) is 60.9 Å². The van der Waals surface area contributed by atoms with E-state index in [4.69, 9.17) is 16.7 Å². The van der Waals surface area contributed by atoms with E-state index in [1.807, 2.05) is 43.3 Å². The fraction of sp³-hybridized carbons (Fsp3) is 0.379. The molecule has 2 atom stereocenters. The number of anilines is 2. The second-order valence-electron chi connectivity index (χ2n) is 10.1. The first-order valence-corrected chi connectivity index (χ1v) is 13.6. The number of carbonyl (C=O) groups excluding carboxylic acids is 2. The number of halogens is 1. The third-order valence-electron chi connectivity index (χ3n) is 7.46. The van der Waals surface area contributed by atoms with Gasteiger partial charge in [0.05, 0.1) is 17.9 Å². The molecule has 10 heteroatoms. The number of benzene rings is 2. The largest absolute Gasteiger partial charge is 0.396 e. The lowest BCUT2D eigenvalue weighted by molar-refractivity contribution is -0.139. The number of fused-ring (bicyclic) bond motifs is 1. The maximum absolute atomic E-state index is 13.8. The van der Waals surface area contributed by atoms with E-state index in [2.05, 4.69) is 10.3 Å². The molecule has 2 aliphatic rings. The van der Waals surface area contributed by atoms with Gasteiger partial charge < -0.3 is 20.0 Å². The molecule has 9 nitrogen and oxygen atoms in total. The van der Waals surface area contributed by atoms with Crippen molar-refractivity contribution in [2.75, 3.05) is 23.0 Å². The van der Waals surface area contributed by atoms with E-state index in [0.29, 0.717) is 42.1 Å². The maximum Gasteiger partial charge on any atom is 0.264 e. The summed E-state index contributed by atoms with van der Waals surface area (Å²) in [7, 11) is 0. The Hall–Kier alpha value is -3.53. The third kappa shape index (κ3) is 5.34. The Kier molecular flexibility index (Phi) is 7.83. The Morgan fingerprint density at radius 3 is 2.69 bits per heavy atom. The van der Waals surface area contributed by atoms with Crippen molar-refractivity contribution in [3.63, 3.8) is 0 Å². The fourth-order valence-corrected chi connectivity index (χ4v) is 5.46. The van der Waals surface area contributed by atoms with Crippen molar-refractivity contribution in [1.82, 2.24) is 15.0 Å². The van der Waals surface area contributed by atoms with Crippen molar-refractivity contribution in [2.24, 2.45) is 5.92 Å². The van der Waals surface area contributed by atoms with E-state index < -0.39 is 17.4 Å². The summed E-state index contributed by atoms with van der Waals surface area (Å²) in [6.45, 7) is 3.43. The number of rotatable bonds is 10. The number of nitrogens with zero attached hydrogens (tertiary/aromatic N) is 5. The molecule has 0 aliphatic carbocycles. The van der Waals surface area contributed by atoms with Crippen LogP contribution < -0.4 is 9.80 Å². The number of allylic oxidation sites excluding steroid dienone is 1. The third-order valence-corrected chi connectivity index (χ3v) is 7.69. The maximum atomic E-state index is 13.8. The molecule has 1 fully saturated rings. The molecule has 0 radical (unpaired) electrons. The van der Waals surface area contributed by atoms with E-state index in [9.17, 15) is 14.7 Å². The van der Waals surface area contributed by atoms with Gasteiger partial charge >= 0.3 is 0 Å². The molecule has 3 aromatic rings. The summed E-state index contributed by atoms with van der Waals surface area (Å²) in [5.41, 5.74) is 1.83. The number of hydrogen-bond acceptors (Lipinski definition) is 6. The molecule has 2 aliphatic heterocycles. The van der Waals surface area contributed by atoms with Crippen molar-refractivity contribution in [1.29, 1.82) is 0 Å². The Balaban J connectivity index is 1.31. The van der Waals surface area contributed by atoms with Crippen LogP contribution >= 0.6 is 11.6 Å². The quantitative estimate of drug-likeness (QED) is 0.374. The number of hydrogen-bond donors (Lipinski definition) is 2. The summed E-state index contributed by atoms with van der Waals surface area (Å²) in [6, 6.07) is 12.8. The number of aliphatic hydroxyl groups excluding tert-OH is 1. The SMILES string of the molecule is C[C@@H](/C=C/CCn1cc(CCO)nn1)[C@]1(O)C(=O)N(Cc2ccc(N3CCCC3=O)cc2)c2ccc(Cl)cc21. The van der Waals surface area contributed by atoms with Crippen LogP contribution in [-0.4, -0.2) is 50.2 Å². The highest BCUT2D eigenvalue weighted by molar-refractivity contribution is 6.31. The van der Waals surface area contributed by atoms with Crippen LogP contribution in [0.15, 0.2) is 60.8 Å². The van der Waals surface area contributed by atoms with Gasteiger partial charge in [-0.1, -0.05) is 48.0 Å². The number of carbonyl (C=O) groups is 2. The van der Waals surface area contributed by atoms with Crippen LogP contribution in [0.3, 0.4) is 0 Å². The summed E-state index contributed by atoms with van der Waals surface area (Å²) >= 11 is 6.30. The van der Waals surface area contributed by atoms with Gasteiger partial charge in [-0.15, -0.1) is 5.10 Å². The van der Waals surface area contributed by atoms with Gasteiger partial charge in [0.1, 0.15) is 0 Å². The number of amides is 2. The predicted octanol–water partition coefficient (Wildman–Crippen LogP) is 3.61. The summed E-state index contributed by atoms with van der Waals surface area (Å²) in [5.74, 6) is -0.791. The molecule has 3 heterocycles. The monoisotopic (exact) mass is 549 g/mol. The minimum absolute atomic E-state index is 0.0240. The molecule has 0 bridgehead atoms. The average Bonchev–Trinajstić information content (AvgIpc) is 3.62. The van der Waals surface area contributed by atoms with Crippen molar-refractivity contribution in [3.05, 3.63) is 82.7 Å². The van der Waals surface area contributed by atoms with Crippen molar-refractivity contribution in [3.8, 4) is 0 Å². The summed E-state index contributed by atoms with van der Waals surface area (Å²) in [5, 5.41) is 29.4. The zero-order chi connectivity index (χ0) is 27.6. The van der Waals surface area contributed by atoms with E-state index in [1.54, 1.807) is 38.9 Å². The van der Waals surface area contributed by atoms with Gasteiger partial charge in [-0.25, -0.2) is 0 Å². The molecule has 5 rings (SSSR count). The van der Waals surface area contributed by atoms with Gasteiger partial charge in [-0.2, -0.15) is 0 Å². The molecule has 0 saturated carbocycles. The van der Waals surface area contributed by atoms with Gasteiger partial charge in [0.2, 0.25) is 5.91 Å². The first-order valence-electron chi connectivity index (χ1n) is 13.2. The number of aliphatic hydroxyl groups is 2. The van der Waals surface area contributed by atoms with Crippen LogP contribution in [0.2, 0.25) is 5.02 Å².